The minimum Gasteiger partial charge on any atom is -0.455 e. The van der Waals surface area contributed by atoms with Crippen LogP contribution < -0.4 is 0 Å². The summed E-state index contributed by atoms with van der Waals surface area (Å²) in [6.07, 6.45) is 2.23. The Kier molecular flexibility index (Phi) is 3.25. The van der Waals surface area contributed by atoms with E-state index in [4.69, 9.17) is 4.74 Å². The molecule has 0 aliphatic carbocycles. The van der Waals surface area contributed by atoms with E-state index in [1.54, 1.807) is 36.3 Å². The van der Waals surface area contributed by atoms with Crippen molar-refractivity contribution in [3.8, 4) is 5.69 Å². The molecule has 130 valence electrons. The molecule has 2 aliphatic rings. The SMILES string of the molecule is CC(C)(C)OC(=O)c1ncn2c1C1CCN1C(=O)c1cc(F)ccc1-2. The Balaban J connectivity index is 1.88. The van der Waals surface area contributed by atoms with Gasteiger partial charge in [-0.05, 0) is 45.4 Å². The van der Waals surface area contributed by atoms with Gasteiger partial charge in [-0.25, -0.2) is 14.2 Å². The maximum atomic E-state index is 13.7. The van der Waals surface area contributed by atoms with Crippen LogP contribution in [0, 0.1) is 5.82 Å². The molecule has 4 rings (SSSR count). The number of nitrogens with zero attached hydrogens (tertiary/aromatic N) is 3. The van der Waals surface area contributed by atoms with Crippen molar-refractivity contribution in [2.45, 2.75) is 38.8 Å². The van der Waals surface area contributed by atoms with Gasteiger partial charge in [-0.2, -0.15) is 0 Å². The molecule has 3 heterocycles. The summed E-state index contributed by atoms with van der Waals surface area (Å²) in [6.45, 7) is 5.93. The van der Waals surface area contributed by atoms with Crippen molar-refractivity contribution in [3.63, 3.8) is 0 Å². The molecule has 1 saturated heterocycles. The summed E-state index contributed by atoms with van der Waals surface area (Å²) in [7, 11) is 0. The van der Waals surface area contributed by atoms with E-state index in [2.05, 4.69) is 4.98 Å². The molecule has 2 aliphatic heterocycles. The number of imidazole rings is 1. The van der Waals surface area contributed by atoms with Crippen molar-refractivity contribution in [2.75, 3.05) is 6.54 Å². The lowest BCUT2D eigenvalue weighted by atomic mass is 9.97. The van der Waals surface area contributed by atoms with Crippen LogP contribution in [0.5, 0.6) is 0 Å². The average molecular weight is 343 g/mol. The third kappa shape index (κ3) is 2.42. The number of esters is 1. The van der Waals surface area contributed by atoms with Gasteiger partial charge in [0.05, 0.1) is 23.0 Å². The molecule has 1 unspecified atom stereocenters. The lowest BCUT2D eigenvalue weighted by Crippen LogP contribution is -2.45. The average Bonchev–Trinajstić information content (AvgIpc) is 2.86. The van der Waals surface area contributed by atoms with Gasteiger partial charge in [0.1, 0.15) is 17.7 Å². The van der Waals surface area contributed by atoms with E-state index >= 15 is 0 Å². The first-order valence-electron chi connectivity index (χ1n) is 8.18. The highest BCUT2D eigenvalue weighted by Crippen LogP contribution is 2.41. The third-order valence-corrected chi connectivity index (χ3v) is 4.44. The van der Waals surface area contributed by atoms with Crippen molar-refractivity contribution >= 4 is 11.9 Å². The predicted octanol–water partition coefficient (Wildman–Crippen LogP) is 2.87. The number of carbonyl (C=O) groups is 2. The molecule has 0 radical (unpaired) electrons. The fourth-order valence-electron chi connectivity index (χ4n) is 3.31. The second-order valence-electron chi connectivity index (χ2n) is 7.31. The molecule has 6 nitrogen and oxygen atoms in total. The zero-order valence-electron chi connectivity index (χ0n) is 14.2. The van der Waals surface area contributed by atoms with Crippen molar-refractivity contribution in [3.05, 3.63) is 47.3 Å². The lowest BCUT2D eigenvalue weighted by Gasteiger charge is -2.39. The van der Waals surface area contributed by atoms with E-state index in [0.717, 1.165) is 6.42 Å². The summed E-state index contributed by atoms with van der Waals surface area (Å²) < 4.78 is 20.8. The van der Waals surface area contributed by atoms with Gasteiger partial charge in [0, 0.05) is 6.54 Å². The van der Waals surface area contributed by atoms with Crippen LogP contribution in [-0.2, 0) is 4.74 Å². The van der Waals surface area contributed by atoms with Gasteiger partial charge in [0.15, 0.2) is 5.69 Å². The van der Waals surface area contributed by atoms with Crippen LogP contribution in [0.2, 0.25) is 0 Å². The maximum absolute atomic E-state index is 13.7. The molecule has 1 amide bonds. The van der Waals surface area contributed by atoms with Gasteiger partial charge < -0.3 is 9.64 Å². The molecular weight excluding hydrogens is 325 g/mol. The van der Waals surface area contributed by atoms with E-state index in [9.17, 15) is 14.0 Å². The quantitative estimate of drug-likeness (QED) is 0.747. The number of carbonyl (C=O) groups excluding carboxylic acids is 2. The number of benzene rings is 1. The first kappa shape index (κ1) is 15.8. The molecule has 1 fully saturated rings. The number of amides is 1. The van der Waals surface area contributed by atoms with Crippen LogP contribution in [0.15, 0.2) is 24.5 Å². The molecule has 0 N–H and O–H groups in total. The Labute approximate surface area is 144 Å². The molecule has 1 aromatic carbocycles. The Morgan fingerprint density at radius 1 is 1.36 bits per heavy atom. The molecule has 1 atom stereocenters. The second kappa shape index (κ2) is 5.15. The van der Waals surface area contributed by atoms with E-state index in [0.29, 0.717) is 17.9 Å². The number of fused-ring (bicyclic) bond motifs is 5. The lowest BCUT2D eigenvalue weighted by molar-refractivity contribution is 0.00537. The highest BCUT2D eigenvalue weighted by Gasteiger charge is 2.43. The van der Waals surface area contributed by atoms with E-state index < -0.39 is 17.4 Å². The standard InChI is InChI=1S/C18H18FN3O3/c1-18(2,3)25-17(24)14-15-13-6-7-21(13)16(23)11-8-10(19)4-5-12(11)22(15)9-20-14/h4-5,8-9,13H,6-7H2,1-3H3. The number of aromatic nitrogens is 2. The van der Waals surface area contributed by atoms with Crippen molar-refractivity contribution in [1.29, 1.82) is 0 Å². The highest BCUT2D eigenvalue weighted by atomic mass is 19.1. The minimum absolute atomic E-state index is 0.203. The fraction of sp³-hybridized carbons (Fsp3) is 0.389. The first-order chi connectivity index (χ1) is 11.8. The molecule has 1 aromatic heterocycles. The van der Waals surface area contributed by atoms with Crippen LogP contribution in [0.25, 0.3) is 5.69 Å². The summed E-state index contributed by atoms with van der Waals surface area (Å²) in [6, 6.07) is 3.81. The number of ether oxygens (including phenoxy) is 1. The predicted molar refractivity (Wildman–Crippen MR) is 87.1 cm³/mol. The minimum atomic E-state index is -0.644. The van der Waals surface area contributed by atoms with Crippen LogP contribution >= 0.6 is 0 Å². The highest BCUT2D eigenvalue weighted by molar-refractivity contribution is 6.00. The monoisotopic (exact) mass is 343 g/mol. The van der Waals surface area contributed by atoms with Gasteiger partial charge >= 0.3 is 5.97 Å². The van der Waals surface area contributed by atoms with Gasteiger partial charge in [-0.1, -0.05) is 0 Å². The number of hydrogen-bond donors (Lipinski definition) is 0. The second-order valence-corrected chi connectivity index (χ2v) is 7.31. The zero-order chi connectivity index (χ0) is 17.9. The number of hydrogen-bond acceptors (Lipinski definition) is 4. The Morgan fingerprint density at radius 3 is 2.76 bits per heavy atom. The summed E-state index contributed by atoms with van der Waals surface area (Å²) in [5.74, 6) is -1.23. The molecule has 2 aromatic rings. The summed E-state index contributed by atoms with van der Waals surface area (Å²) in [4.78, 5) is 31.2. The third-order valence-electron chi connectivity index (χ3n) is 4.44. The van der Waals surface area contributed by atoms with Gasteiger partial charge in [-0.15, -0.1) is 0 Å². The Bertz CT molecular complexity index is 897. The van der Waals surface area contributed by atoms with Crippen LogP contribution in [-0.4, -0.2) is 38.5 Å². The van der Waals surface area contributed by atoms with Gasteiger partial charge in [-0.3, -0.25) is 9.36 Å². The van der Waals surface area contributed by atoms with Crippen LogP contribution in [0.1, 0.15) is 59.8 Å². The zero-order valence-corrected chi connectivity index (χ0v) is 14.2. The Morgan fingerprint density at radius 2 is 2.12 bits per heavy atom. The normalized spacial score (nSPS) is 18.6. The number of halogens is 1. The maximum Gasteiger partial charge on any atom is 0.359 e. The van der Waals surface area contributed by atoms with Crippen molar-refractivity contribution in [1.82, 2.24) is 14.5 Å². The van der Waals surface area contributed by atoms with E-state index in [1.807, 2.05) is 0 Å². The van der Waals surface area contributed by atoms with Crippen molar-refractivity contribution in [2.24, 2.45) is 0 Å². The molecule has 25 heavy (non-hydrogen) atoms. The number of rotatable bonds is 1. The smallest absolute Gasteiger partial charge is 0.359 e. The van der Waals surface area contributed by atoms with Gasteiger partial charge in [0.2, 0.25) is 0 Å². The summed E-state index contributed by atoms with van der Waals surface area (Å²) in [5, 5.41) is 0. The topological polar surface area (TPSA) is 64.4 Å². The molecule has 0 bridgehead atoms. The van der Waals surface area contributed by atoms with Crippen LogP contribution in [0.4, 0.5) is 4.39 Å². The molecule has 0 saturated carbocycles. The Hall–Kier alpha value is -2.70. The first-order valence-corrected chi connectivity index (χ1v) is 8.18. The fourth-order valence-corrected chi connectivity index (χ4v) is 3.31. The van der Waals surface area contributed by atoms with E-state index in [-0.39, 0.29) is 23.2 Å². The van der Waals surface area contributed by atoms with E-state index in [1.165, 1.54) is 18.5 Å². The van der Waals surface area contributed by atoms with Gasteiger partial charge in [0.25, 0.3) is 5.91 Å². The molecular formula is C18H18FN3O3. The molecule has 0 spiro atoms. The summed E-state index contributed by atoms with van der Waals surface area (Å²) in [5.41, 5.74) is 0.984. The largest absolute Gasteiger partial charge is 0.455 e. The molecule has 7 heteroatoms. The van der Waals surface area contributed by atoms with Crippen molar-refractivity contribution < 1.29 is 18.7 Å². The summed E-state index contributed by atoms with van der Waals surface area (Å²) >= 11 is 0. The van der Waals surface area contributed by atoms with Crippen LogP contribution in [0.3, 0.4) is 0 Å².